The average Bonchev–Trinajstić information content (AvgIpc) is 3.36. The molecule has 0 aliphatic heterocycles. The lowest BCUT2D eigenvalue weighted by Crippen LogP contribution is -2.43. The van der Waals surface area contributed by atoms with Gasteiger partial charge in [0.2, 0.25) is 5.91 Å². The van der Waals surface area contributed by atoms with Crippen LogP contribution in [0.1, 0.15) is 23.5 Å². The van der Waals surface area contributed by atoms with Gasteiger partial charge in [0.15, 0.2) is 0 Å². The predicted molar refractivity (Wildman–Crippen MR) is 92.0 cm³/mol. The lowest BCUT2D eigenvalue weighted by Gasteiger charge is -2.15. The molecule has 0 heterocycles. The highest BCUT2D eigenvalue weighted by atomic mass is 35.5. The van der Waals surface area contributed by atoms with Crippen LogP contribution in [-0.4, -0.2) is 23.0 Å². The van der Waals surface area contributed by atoms with Crippen LogP contribution >= 0.6 is 11.6 Å². The van der Waals surface area contributed by atoms with Crippen molar-refractivity contribution in [2.75, 3.05) is 0 Å². The number of nitrogens with one attached hydrogen (secondary N) is 1. The third-order valence-corrected chi connectivity index (χ3v) is 4.67. The second kappa shape index (κ2) is 7.05. The largest absolute Gasteiger partial charge is 0.480 e. The molecular formula is C19H18ClNO3. The van der Waals surface area contributed by atoms with Gasteiger partial charge in [0.05, 0.1) is 0 Å². The van der Waals surface area contributed by atoms with Gasteiger partial charge in [-0.15, -0.1) is 0 Å². The summed E-state index contributed by atoms with van der Waals surface area (Å²) in [6, 6.07) is 15.8. The van der Waals surface area contributed by atoms with Gasteiger partial charge in [-0.3, -0.25) is 4.79 Å². The van der Waals surface area contributed by atoms with E-state index in [-0.39, 0.29) is 24.2 Å². The molecule has 2 aromatic carbocycles. The van der Waals surface area contributed by atoms with E-state index >= 15 is 0 Å². The first-order valence-corrected chi connectivity index (χ1v) is 8.25. The van der Waals surface area contributed by atoms with Crippen molar-refractivity contribution in [1.29, 1.82) is 0 Å². The van der Waals surface area contributed by atoms with Crippen LogP contribution in [0.2, 0.25) is 5.02 Å². The smallest absolute Gasteiger partial charge is 0.326 e. The van der Waals surface area contributed by atoms with Crippen molar-refractivity contribution in [3.8, 4) is 0 Å². The third-order valence-electron chi connectivity index (χ3n) is 4.33. The molecule has 124 valence electrons. The van der Waals surface area contributed by atoms with Crippen LogP contribution < -0.4 is 5.32 Å². The second-order valence-corrected chi connectivity index (χ2v) is 6.47. The zero-order chi connectivity index (χ0) is 17.1. The predicted octanol–water partition coefficient (Wildman–Crippen LogP) is 3.26. The maximum Gasteiger partial charge on any atom is 0.326 e. The van der Waals surface area contributed by atoms with Crippen LogP contribution in [0.3, 0.4) is 0 Å². The zero-order valence-corrected chi connectivity index (χ0v) is 13.7. The Bertz CT molecular complexity index is 747. The van der Waals surface area contributed by atoms with Gasteiger partial charge < -0.3 is 10.4 Å². The fourth-order valence-electron chi connectivity index (χ4n) is 2.93. The molecule has 3 atom stereocenters. The summed E-state index contributed by atoms with van der Waals surface area (Å²) < 4.78 is 0. The summed E-state index contributed by atoms with van der Waals surface area (Å²) in [5, 5.41) is 12.7. The second-order valence-electron chi connectivity index (χ2n) is 6.06. The fraction of sp³-hybridized carbons (Fsp3) is 0.263. The highest BCUT2D eigenvalue weighted by molar-refractivity contribution is 6.31. The summed E-state index contributed by atoms with van der Waals surface area (Å²) in [5.74, 6) is -1.38. The van der Waals surface area contributed by atoms with Gasteiger partial charge in [-0.2, -0.15) is 0 Å². The first-order chi connectivity index (χ1) is 11.6. The zero-order valence-electron chi connectivity index (χ0n) is 13.0. The monoisotopic (exact) mass is 343 g/mol. The molecule has 0 saturated heterocycles. The van der Waals surface area contributed by atoms with Crippen molar-refractivity contribution in [1.82, 2.24) is 5.32 Å². The number of carboxylic acids is 1. The topological polar surface area (TPSA) is 66.4 Å². The molecule has 4 nitrogen and oxygen atoms in total. The number of hydrogen-bond acceptors (Lipinski definition) is 2. The van der Waals surface area contributed by atoms with E-state index in [0.717, 1.165) is 11.1 Å². The highest BCUT2D eigenvalue weighted by Crippen LogP contribution is 2.49. The first-order valence-electron chi connectivity index (χ1n) is 7.88. The van der Waals surface area contributed by atoms with Crippen molar-refractivity contribution < 1.29 is 14.7 Å². The van der Waals surface area contributed by atoms with Gasteiger partial charge in [-0.1, -0.05) is 60.1 Å². The van der Waals surface area contributed by atoms with Gasteiger partial charge in [-0.25, -0.2) is 4.79 Å². The van der Waals surface area contributed by atoms with Crippen LogP contribution in [0.5, 0.6) is 0 Å². The lowest BCUT2D eigenvalue weighted by molar-refractivity contribution is -0.142. The molecular weight excluding hydrogens is 326 g/mol. The number of aliphatic carboxylic acids is 1. The molecule has 2 aromatic rings. The van der Waals surface area contributed by atoms with Crippen LogP contribution in [0.15, 0.2) is 54.6 Å². The minimum absolute atomic E-state index is 0.0740. The number of rotatable bonds is 6. The molecule has 3 unspecified atom stereocenters. The minimum atomic E-state index is -1.03. The van der Waals surface area contributed by atoms with E-state index in [1.54, 1.807) is 6.07 Å². The summed E-state index contributed by atoms with van der Waals surface area (Å²) in [5.41, 5.74) is 1.83. The minimum Gasteiger partial charge on any atom is -0.480 e. The normalized spacial score (nSPS) is 20.2. The quantitative estimate of drug-likeness (QED) is 0.846. The Labute approximate surface area is 145 Å². The molecule has 1 amide bonds. The number of carboxylic acid groups (broad SMARTS) is 1. The van der Waals surface area contributed by atoms with Gasteiger partial charge >= 0.3 is 5.97 Å². The van der Waals surface area contributed by atoms with E-state index in [4.69, 9.17) is 11.6 Å². The molecule has 0 aromatic heterocycles. The molecule has 3 rings (SSSR count). The number of hydrogen-bond donors (Lipinski definition) is 2. The van der Waals surface area contributed by atoms with Crippen molar-refractivity contribution in [2.45, 2.75) is 24.8 Å². The third kappa shape index (κ3) is 3.77. The molecule has 2 N–H and O–H groups in total. The standard InChI is InChI=1S/C19H18ClNO3/c20-16-9-5-4-8-13(16)14-11-15(14)18(22)21-17(19(23)24)10-12-6-2-1-3-7-12/h1-9,14-15,17H,10-11H2,(H,21,22)(H,23,24). The van der Waals surface area contributed by atoms with Crippen molar-refractivity contribution in [3.63, 3.8) is 0 Å². The van der Waals surface area contributed by atoms with Crippen molar-refractivity contribution >= 4 is 23.5 Å². The molecule has 1 fully saturated rings. The Balaban J connectivity index is 1.63. The number of halogens is 1. The summed E-state index contributed by atoms with van der Waals surface area (Å²) in [6.07, 6.45) is 0.971. The van der Waals surface area contributed by atoms with Gasteiger partial charge in [0.1, 0.15) is 6.04 Å². The van der Waals surface area contributed by atoms with E-state index in [2.05, 4.69) is 5.32 Å². The van der Waals surface area contributed by atoms with E-state index in [1.807, 2.05) is 48.5 Å². The average molecular weight is 344 g/mol. The van der Waals surface area contributed by atoms with Gasteiger partial charge in [-0.05, 0) is 29.5 Å². The number of amides is 1. The summed E-state index contributed by atoms with van der Waals surface area (Å²) in [7, 11) is 0. The summed E-state index contributed by atoms with van der Waals surface area (Å²) in [6.45, 7) is 0. The number of carbonyl (C=O) groups excluding carboxylic acids is 1. The van der Waals surface area contributed by atoms with E-state index in [1.165, 1.54) is 0 Å². The van der Waals surface area contributed by atoms with E-state index in [0.29, 0.717) is 11.4 Å². The number of carbonyl (C=O) groups is 2. The Morgan fingerprint density at radius 3 is 2.46 bits per heavy atom. The van der Waals surface area contributed by atoms with Crippen molar-refractivity contribution in [3.05, 3.63) is 70.7 Å². The number of benzene rings is 2. The Hall–Kier alpha value is -2.33. The lowest BCUT2D eigenvalue weighted by atomic mass is 10.1. The summed E-state index contributed by atoms with van der Waals surface area (Å²) in [4.78, 5) is 23.8. The SMILES string of the molecule is O=C(O)C(Cc1ccccc1)NC(=O)C1CC1c1ccccc1Cl. The van der Waals surface area contributed by atoms with Gasteiger partial charge in [0, 0.05) is 17.4 Å². The molecule has 0 radical (unpaired) electrons. The maximum absolute atomic E-state index is 12.4. The molecule has 24 heavy (non-hydrogen) atoms. The van der Waals surface area contributed by atoms with Crippen LogP contribution in [0.25, 0.3) is 0 Å². The van der Waals surface area contributed by atoms with Crippen LogP contribution in [-0.2, 0) is 16.0 Å². The molecule has 1 aliphatic rings. The van der Waals surface area contributed by atoms with Gasteiger partial charge in [0.25, 0.3) is 0 Å². The highest BCUT2D eigenvalue weighted by Gasteiger charge is 2.45. The molecule has 1 aliphatic carbocycles. The van der Waals surface area contributed by atoms with E-state index < -0.39 is 12.0 Å². The Kier molecular flexibility index (Phi) is 4.86. The fourth-order valence-corrected chi connectivity index (χ4v) is 3.21. The molecule has 0 spiro atoms. The Morgan fingerprint density at radius 1 is 1.12 bits per heavy atom. The van der Waals surface area contributed by atoms with Crippen molar-refractivity contribution in [2.24, 2.45) is 5.92 Å². The van der Waals surface area contributed by atoms with E-state index in [9.17, 15) is 14.7 Å². The Morgan fingerprint density at radius 2 is 1.79 bits per heavy atom. The molecule has 5 heteroatoms. The first kappa shape index (κ1) is 16.5. The van der Waals surface area contributed by atoms with Crippen LogP contribution in [0.4, 0.5) is 0 Å². The molecule has 0 bridgehead atoms. The summed E-state index contributed by atoms with van der Waals surface area (Å²) >= 11 is 6.17. The van der Waals surface area contributed by atoms with Crippen LogP contribution in [0, 0.1) is 5.92 Å². The molecule has 1 saturated carbocycles. The maximum atomic E-state index is 12.4.